The van der Waals surface area contributed by atoms with E-state index in [0.717, 1.165) is 16.7 Å². The summed E-state index contributed by atoms with van der Waals surface area (Å²) in [7, 11) is 0. The number of hydrogen-bond donors (Lipinski definition) is 2. The zero-order chi connectivity index (χ0) is 40.6. The monoisotopic (exact) mass is 825 g/mol. The Morgan fingerprint density at radius 3 is 1.02 bits per heavy atom. The van der Waals surface area contributed by atoms with E-state index in [9.17, 15) is 24.0 Å². The second-order valence-corrected chi connectivity index (χ2v) is 12.7. The fraction of sp³-hybridized carbons (Fsp3) is 0.806. The third-order valence-corrected chi connectivity index (χ3v) is 7.77. The molecule has 0 saturated heterocycles. The van der Waals surface area contributed by atoms with E-state index in [2.05, 4.69) is 10.6 Å². The molecule has 1 aliphatic heterocycles. The molecule has 0 aromatic carbocycles. The lowest BCUT2D eigenvalue weighted by molar-refractivity contribution is -0.137. The lowest BCUT2D eigenvalue weighted by Gasteiger charge is -2.13. The van der Waals surface area contributed by atoms with Gasteiger partial charge in [-0.25, -0.2) is 0 Å². The predicted molar refractivity (Wildman–Crippen MR) is 203 cm³/mol. The van der Waals surface area contributed by atoms with Gasteiger partial charge < -0.3 is 62.7 Å². The zero-order valence-corrected chi connectivity index (χ0v) is 33.7. The van der Waals surface area contributed by atoms with Crippen LogP contribution in [0.15, 0.2) is 12.2 Å². The number of carbonyl (C=O) groups excluding carboxylic acids is 5. The molecule has 1 rings (SSSR count). The Bertz CT molecular complexity index is 1040. The molecule has 56 heavy (non-hydrogen) atoms. The smallest absolute Gasteiger partial charge is 0.253 e. The molecule has 2 N–H and O–H groups in total. The van der Waals surface area contributed by atoms with Crippen molar-refractivity contribution in [2.45, 2.75) is 19.8 Å². The Labute approximate surface area is 334 Å². The van der Waals surface area contributed by atoms with Crippen molar-refractivity contribution in [3.8, 4) is 0 Å². The average Bonchev–Trinajstić information content (AvgIpc) is 3.50. The number of ether oxygens (including phenoxy) is 11. The van der Waals surface area contributed by atoms with E-state index >= 15 is 0 Å². The molecule has 1 heterocycles. The number of amides is 4. The van der Waals surface area contributed by atoms with Gasteiger partial charge in [0.1, 0.15) is 0 Å². The van der Waals surface area contributed by atoms with Gasteiger partial charge in [-0.2, -0.15) is 0 Å². The molecule has 0 bridgehead atoms. The highest BCUT2D eigenvalue weighted by atomic mass is 32.2. The molecular weight excluding hydrogens is 762 g/mol. The van der Waals surface area contributed by atoms with Gasteiger partial charge >= 0.3 is 0 Å². The number of carbonyl (C=O) groups is 5. The Morgan fingerprint density at radius 2 is 0.732 bits per heavy atom. The highest BCUT2D eigenvalue weighted by Crippen LogP contribution is 2.04. The summed E-state index contributed by atoms with van der Waals surface area (Å²) < 4.78 is 59.9. The minimum atomic E-state index is -0.401. The topological polar surface area (TPSA) is 214 Å². The minimum absolute atomic E-state index is 0.00810. The summed E-state index contributed by atoms with van der Waals surface area (Å²) in [6.45, 7) is 12.0. The van der Waals surface area contributed by atoms with Crippen LogP contribution in [0.2, 0.25) is 0 Å². The van der Waals surface area contributed by atoms with Crippen molar-refractivity contribution in [3.05, 3.63) is 12.2 Å². The summed E-state index contributed by atoms with van der Waals surface area (Å²) in [5, 5.41) is 5.42. The van der Waals surface area contributed by atoms with Crippen LogP contribution in [-0.2, 0) is 76.1 Å². The van der Waals surface area contributed by atoms with Gasteiger partial charge in [0.15, 0.2) is 5.12 Å². The van der Waals surface area contributed by atoms with Gasteiger partial charge in [0.25, 0.3) is 11.8 Å². The lowest BCUT2D eigenvalue weighted by Crippen LogP contribution is -2.35. The minimum Gasteiger partial charge on any atom is -0.377 e. The summed E-state index contributed by atoms with van der Waals surface area (Å²) in [5.41, 5.74) is 0. The van der Waals surface area contributed by atoms with Gasteiger partial charge in [0, 0.05) is 57.3 Å². The molecule has 324 valence electrons. The number of nitrogens with zero attached hydrogens (tertiary/aromatic N) is 1. The van der Waals surface area contributed by atoms with Gasteiger partial charge in [-0.1, -0.05) is 11.8 Å². The summed E-state index contributed by atoms with van der Waals surface area (Å²) in [6, 6.07) is 0. The van der Waals surface area contributed by atoms with E-state index in [1.807, 2.05) is 0 Å². The maximum absolute atomic E-state index is 11.8. The Balaban J connectivity index is 1.64. The average molecular weight is 826 g/mol. The summed E-state index contributed by atoms with van der Waals surface area (Å²) >= 11 is 1.14. The normalized spacial score (nSPS) is 12.6. The van der Waals surface area contributed by atoms with E-state index in [0.29, 0.717) is 171 Å². The third-order valence-electron chi connectivity index (χ3n) is 6.95. The SMILES string of the molecule is CC(=O)SCCC(=O)NCCOCCOCCOCCOCCOCCOCCOCCOCCOCCOCCOCCNC(=O)CCN1C(=O)C=CC1=O. The first-order valence-corrected chi connectivity index (χ1v) is 19.9. The zero-order valence-electron chi connectivity index (χ0n) is 32.8. The molecule has 4 amide bonds. The Hall–Kier alpha value is -2.60. The van der Waals surface area contributed by atoms with Crippen molar-refractivity contribution in [3.63, 3.8) is 0 Å². The molecule has 0 fully saturated rings. The van der Waals surface area contributed by atoms with Crippen molar-refractivity contribution in [2.24, 2.45) is 0 Å². The number of hydrogen-bond acceptors (Lipinski definition) is 17. The van der Waals surface area contributed by atoms with Crippen LogP contribution in [0.25, 0.3) is 0 Å². The molecule has 1 aliphatic rings. The maximum atomic E-state index is 11.8. The fourth-order valence-electron chi connectivity index (χ4n) is 4.16. The van der Waals surface area contributed by atoms with Crippen molar-refractivity contribution in [1.29, 1.82) is 0 Å². The second-order valence-electron chi connectivity index (χ2n) is 11.4. The van der Waals surface area contributed by atoms with E-state index in [4.69, 9.17) is 52.1 Å². The number of rotatable bonds is 42. The van der Waals surface area contributed by atoms with E-state index in [1.165, 1.54) is 19.1 Å². The van der Waals surface area contributed by atoms with Gasteiger partial charge in [0.2, 0.25) is 11.8 Å². The molecule has 19 nitrogen and oxygen atoms in total. The first-order valence-electron chi connectivity index (χ1n) is 19.0. The van der Waals surface area contributed by atoms with Crippen molar-refractivity contribution in [1.82, 2.24) is 15.5 Å². The molecular formula is C36H63N3O16S. The number of nitrogens with one attached hydrogen (secondary N) is 2. The molecule has 0 spiro atoms. The quantitative estimate of drug-likeness (QED) is 0.0580. The predicted octanol–water partition coefficient (Wildman–Crippen LogP) is -0.614. The third kappa shape index (κ3) is 34.6. The van der Waals surface area contributed by atoms with Crippen molar-refractivity contribution < 1.29 is 76.1 Å². The summed E-state index contributed by atoms with van der Waals surface area (Å²) in [5.74, 6) is -0.668. The molecule has 0 radical (unpaired) electrons. The van der Waals surface area contributed by atoms with E-state index in [-0.39, 0.29) is 29.9 Å². The van der Waals surface area contributed by atoms with Gasteiger partial charge in [-0.05, 0) is 0 Å². The maximum Gasteiger partial charge on any atom is 0.253 e. The largest absolute Gasteiger partial charge is 0.377 e. The number of imide groups is 1. The highest BCUT2D eigenvalue weighted by Gasteiger charge is 2.23. The van der Waals surface area contributed by atoms with Crippen molar-refractivity contribution in [2.75, 3.05) is 171 Å². The van der Waals surface area contributed by atoms with Crippen LogP contribution in [-0.4, -0.2) is 204 Å². The lowest BCUT2D eigenvalue weighted by atomic mass is 10.3. The van der Waals surface area contributed by atoms with Gasteiger partial charge in [-0.15, -0.1) is 0 Å². The van der Waals surface area contributed by atoms with Crippen LogP contribution in [0.3, 0.4) is 0 Å². The molecule has 0 atom stereocenters. The summed E-state index contributed by atoms with van der Waals surface area (Å²) in [4.78, 5) is 58.1. The summed E-state index contributed by atoms with van der Waals surface area (Å²) in [6.07, 6.45) is 2.74. The van der Waals surface area contributed by atoms with Gasteiger partial charge in [-0.3, -0.25) is 28.9 Å². The fourth-order valence-corrected chi connectivity index (χ4v) is 4.73. The van der Waals surface area contributed by atoms with Crippen molar-refractivity contribution >= 4 is 40.5 Å². The molecule has 20 heteroatoms. The standard InChI is InChI=1S/C36H63N3O16S/c1-32(40)56-31-5-34(42)38-7-10-46-12-14-48-16-18-50-20-22-52-24-26-54-28-30-55-29-27-53-25-23-51-21-19-49-17-15-47-13-11-45-9-6-37-33(41)4-8-39-35(43)2-3-36(39)44/h2-3H,4-31H2,1H3,(H,37,41)(H,38,42). The molecule has 0 aliphatic carbocycles. The molecule has 0 aromatic heterocycles. The van der Waals surface area contributed by atoms with Crippen LogP contribution < -0.4 is 10.6 Å². The Kier molecular flexibility index (Phi) is 36.0. The van der Waals surface area contributed by atoms with E-state index < -0.39 is 11.8 Å². The van der Waals surface area contributed by atoms with Crippen LogP contribution >= 0.6 is 11.8 Å². The number of thioether (sulfide) groups is 1. The van der Waals surface area contributed by atoms with Crippen LogP contribution in [0, 0.1) is 0 Å². The molecule has 0 saturated carbocycles. The van der Waals surface area contributed by atoms with E-state index in [1.54, 1.807) is 0 Å². The molecule has 0 unspecified atom stereocenters. The Morgan fingerprint density at radius 1 is 0.464 bits per heavy atom. The first-order chi connectivity index (χ1) is 27.4. The van der Waals surface area contributed by atoms with Crippen LogP contribution in [0.5, 0.6) is 0 Å². The molecule has 0 aromatic rings. The van der Waals surface area contributed by atoms with Crippen LogP contribution in [0.1, 0.15) is 19.8 Å². The highest BCUT2D eigenvalue weighted by molar-refractivity contribution is 8.13. The second kappa shape index (κ2) is 39.2. The van der Waals surface area contributed by atoms with Crippen LogP contribution in [0.4, 0.5) is 0 Å². The van der Waals surface area contributed by atoms with Gasteiger partial charge in [0.05, 0.1) is 145 Å². The first kappa shape index (κ1) is 51.4.